The van der Waals surface area contributed by atoms with Crippen molar-refractivity contribution in [1.82, 2.24) is 0 Å². The van der Waals surface area contributed by atoms with Gasteiger partial charge in [-0.3, -0.25) is 0 Å². The van der Waals surface area contributed by atoms with Crippen molar-refractivity contribution in [3.63, 3.8) is 0 Å². The lowest BCUT2D eigenvalue weighted by Gasteiger charge is -2.32. The first-order valence-electron chi connectivity index (χ1n) is 6.64. The summed E-state index contributed by atoms with van der Waals surface area (Å²) in [5.74, 6) is -0.206. The Morgan fingerprint density at radius 1 is 1.05 bits per heavy atom. The van der Waals surface area contributed by atoms with Gasteiger partial charge in [-0.15, -0.1) is 0 Å². The third-order valence-corrected chi connectivity index (χ3v) is 6.30. The lowest BCUT2D eigenvalue weighted by atomic mass is 9.77. The highest BCUT2D eigenvalue weighted by molar-refractivity contribution is 9.10. The van der Waals surface area contributed by atoms with E-state index in [0.717, 1.165) is 27.1 Å². The molecule has 2 aromatic carbocycles. The van der Waals surface area contributed by atoms with E-state index in [9.17, 15) is 4.39 Å². The summed E-state index contributed by atoms with van der Waals surface area (Å²) in [6.45, 7) is 2.12. The zero-order valence-electron chi connectivity index (χ0n) is 11.7. The summed E-state index contributed by atoms with van der Waals surface area (Å²) in [7, 11) is 0. The molecule has 0 aliphatic rings. The lowest BCUT2D eigenvalue weighted by molar-refractivity contribution is 0.543. The van der Waals surface area contributed by atoms with Gasteiger partial charge in [0.05, 0.1) is 0 Å². The molecule has 21 heavy (non-hydrogen) atoms. The van der Waals surface area contributed by atoms with Crippen molar-refractivity contribution in [2.24, 2.45) is 0 Å². The molecule has 0 aliphatic carbocycles. The Hall–Kier alpha value is -0.190. The minimum Gasteiger partial charge on any atom is -0.207 e. The van der Waals surface area contributed by atoms with Crippen molar-refractivity contribution in [1.29, 1.82) is 0 Å². The first-order chi connectivity index (χ1) is 10.0. The van der Waals surface area contributed by atoms with Gasteiger partial charge in [-0.1, -0.05) is 72.1 Å². The predicted octanol–water partition coefficient (Wildman–Crippen LogP) is 6.17. The second-order valence-electron chi connectivity index (χ2n) is 5.32. The summed E-state index contributed by atoms with van der Waals surface area (Å²) in [6, 6.07) is 13.5. The standard InChI is InChI=1S/C17H16Br3F/c1-12-4-2-3-5-16(12)17(10-18,11-19)9-13-6-14(20)8-15(21)7-13/h2-8H,9-11H2,1H3. The fourth-order valence-corrected chi connectivity index (χ4v) is 5.08. The summed E-state index contributed by atoms with van der Waals surface area (Å²) in [6.07, 6.45) is 0.769. The number of benzene rings is 2. The van der Waals surface area contributed by atoms with Crippen LogP contribution < -0.4 is 0 Å². The molecule has 112 valence electrons. The lowest BCUT2D eigenvalue weighted by Crippen LogP contribution is -2.33. The van der Waals surface area contributed by atoms with Gasteiger partial charge >= 0.3 is 0 Å². The second kappa shape index (κ2) is 7.38. The van der Waals surface area contributed by atoms with Crippen LogP contribution in [-0.2, 0) is 11.8 Å². The Morgan fingerprint density at radius 2 is 1.71 bits per heavy atom. The summed E-state index contributed by atoms with van der Waals surface area (Å²) < 4.78 is 14.4. The zero-order chi connectivity index (χ0) is 15.5. The van der Waals surface area contributed by atoms with E-state index in [1.807, 2.05) is 12.1 Å². The molecule has 0 aromatic heterocycles. The van der Waals surface area contributed by atoms with Crippen LogP contribution in [0.25, 0.3) is 0 Å². The Kier molecular flexibility index (Phi) is 6.04. The van der Waals surface area contributed by atoms with E-state index >= 15 is 0 Å². The van der Waals surface area contributed by atoms with Crippen molar-refractivity contribution < 1.29 is 4.39 Å². The average Bonchev–Trinajstić information content (AvgIpc) is 2.44. The predicted molar refractivity (Wildman–Crippen MR) is 98.2 cm³/mol. The van der Waals surface area contributed by atoms with E-state index in [-0.39, 0.29) is 11.2 Å². The molecule has 0 N–H and O–H groups in total. The first kappa shape index (κ1) is 17.2. The zero-order valence-corrected chi connectivity index (χ0v) is 16.4. The fraction of sp³-hybridized carbons (Fsp3) is 0.294. The first-order valence-corrected chi connectivity index (χ1v) is 9.67. The maximum absolute atomic E-state index is 13.6. The van der Waals surface area contributed by atoms with Gasteiger partial charge in [0.25, 0.3) is 0 Å². The summed E-state index contributed by atoms with van der Waals surface area (Å²) >= 11 is 10.7. The van der Waals surface area contributed by atoms with Crippen LogP contribution in [0.1, 0.15) is 16.7 Å². The normalized spacial score (nSPS) is 11.7. The number of alkyl halides is 2. The number of hydrogen-bond acceptors (Lipinski definition) is 0. The summed E-state index contributed by atoms with van der Waals surface area (Å²) in [4.78, 5) is 0. The van der Waals surface area contributed by atoms with Gasteiger partial charge in [-0.25, -0.2) is 4.39 Å². The highest BCUT2D eigenvalue weighted by Gasteiger charge is 2.31. The van der Waals surface area contributed by atoms with Gasteiger partial charge in [-0.2, -0.15) is 0 Å². The third-order valence-electron chi connectivity index (χ3n) is 3.69. The molecular formula is C17H16Br3F. The van der Waals surface area contributed by atoms with E-state index in [0.29, 0.717) is 0 Å². The smallest absolute Gasteiger partial charge is 0.124 e. The SMILES string of the molecule is Cc1ccccc1C(CBr)(CBr)Cc1cc(F)cc(Br)c1. The molecule has 0 saturated heterocycles. The van der Waals surface area contributed by atoms with Crippen LogP contribution in [0.5, 0.6) is 0 Å². The molecule has 0 bridgehead atoms. The van der Waals surface area contributed by atoms with E-state index in [2.05, 4.69) is 72.9 Å². The quantitative estimate of drug-likeness (QED) is 0.451. The minimum atomic E-state index is -0.206. The second-order valence-corrected chi connectivity index (χ2v) is 7.35. The Balaban J connectivity index is 2.45. The summed E-state index contributed by atoms with van der Waals surface area (Å²) in [5, 5.41) is 1.62. The Bertz CT molecular complexity index is 601. The molecular weight excluding hydrogens is 463 g/mol. The van der Waals surface area contributed by atoms with Crippen LogP contribution >= 0.6 is 47.8 Å². The van der Waals surface area contributed by atoms with Crippen LogP contribution in [0.3, 0.4) is 0 Å². The number of halogens is 4. The van der Waals surface area contributed by atoms with Crippen molar-refractivity contribution in [3.8, 4) is 0 Å². The molecule has 0 spiro atoms. The molecule has 2 rings (SSSR count). The van der Waals surface area contributed by atoms with Crippen molar-refractivity contribution >= 4 is 47.8 Å². The monoisotopic (exact) mass is 476 g/mol. The van der Waals surface area contributed by atoms with Gasteiger partial charge < -0.3 is 0 Å². The van der Waals surface area contributed by atoms with Crippen molar-refractivity contribution in [3.05, 3.63) is 69.4 Å². The molecule has 2 aromatic rings. The van der Waals surface area contributed by atoms with Crippen LogP contribution in [0.4, 0.5) is 4.39 Å². The van der Waals surface area contributed by atoms with Crippen LogP contribution in [-0.4, -0.2) is 10.7 Å². The maximum atomic E-state index is 13.6. The molecule has 0 aliphatic heterocycles. The van der Waals surface area contributed by atoms with Gasteiger partial charge in [0.2, 0.25) is 0 Å². The largest absolute Gasteiger partial charge is 0.207 e. The Labute approximate surface area is 150 Å². The van der Waals surface area contributed by atoms with Crippen molar-refractivity contribution in [2.75, 3.05) is 10.7 Å². The molecule has 0 amide bonds. The molecule has 0 fully saturated rings. The fourth-order valence-electron chi connectivity index (χ4n) is 2.64. The van der Waals surface area contributed by atoms with Gasteiger partial charge in [0.1, 0.15) is 5.82 Å². The van der Waals surface area contributed by atoms with Crippen LogP contribution in [0.15, 0.2) is 46.9 Å². The molecule has 4 heteroatoms. The van der Waals surface area contributed by atoms with E-state index in [1.54, 1.807) is 6.07 Å². The van der Waals surface area contributed by atoms with Crippen LogP contribution in [0.2, 0.25) is 0 Å². The summed E-state index contributed by atoms with van der Waals surface area (Å²) in [5.41, 5.74) is 3.44. The van der Waals surface area contributed by atoms with E-state index in [4.69, 9.17) is 0 Å². The highest BCUT2D eigenvalue weighted by atomic mass is 79.9. The maximum Gasteiger partial charge on any atom is 0.124 e. The third kappa shape index (κ3) is 3.96. The molecule has 0 nitrogen and oxygen atoms in total. The van der Waals surface area contributed by atoms with Gasteiger partial charge in [-0.05, 0) is 48.2 Å². The van der Waals surface area contributed by atoms with Crippen LogP contribution in [0, 0.1) is 12.7 Å². The number of hydrogen-bond donors (Lipinski definition) is 0. The topological polar surface area (TPSA) is 0 Å². The Morgan fingerprint density at radius 3 is 2.29 bits per heavy atom. The molecule has 0 unspecified atom stereocenters. The van der Waals surface area contributed by atoms with E-state index in [1.165, 1.54) is 17.2 Å². The van der Waals surface area contributed by atoms with Gasteiger partial charge in [0.15, 0.2) is 0 Å². The molecule has 0 radical (unpaired) electrons. The number of rotatable bonds is 5. The number of aryl methyl sites for hydroxylation is 1. The molecule has 0 heterocycles. The molecule has 0 atom stereocenters. The molecule has 0 saturated carbocycles. The highest BCUT2D eigenvalue weighted by Crippen LogP contribution is 2.35. The minimum absolute atomic E-state index is 0.0986. The van der Waals surface area contributed by atoms with Crippen molar-refractivity contribution in [2.45, 2.75) is 18.8 Å². The van der Waals surface area contributed by atoms with E-state index < -0.39 is 0 Å². The van der Waals surface area contributed by atoms with Gasteiger partial charge in [0, 0.05) is 20.5 Å². The average molecular weight is 479 g/mol.